The maximum atomic E-state index is 13.1. The zero-order chi connectivity index (χ0) is 15.3. The van der Waals surface area contributed by atoms with E-state index in [2.05, 4.69) is 5.32 Å². The Bertz CT molecular complexity index is 493. The van der Waals surface area contributed by atoms with E-state index >= 15 is 0 Å². The van der Waals surface area contributed by atoms with Crippen molar-refractivity contribution < 1.29 is 19.1 Å². The average Bonchev–Trinajstić information content (AvgIpc) is 2.38. The van der Waals surface area contributed by atoms with E-state index < -0.39 is 24.1 Å². The van der Waals surface area contributed by atoms with Gasteiger partial charge in [-0.25, -0.2) is 14.0 Å². The summed E-state index contributed by atoms with van der Waals surface area (Å²) < 4.78 is 13.1. The summed E-state index contributed by atoms with van der Waals surface area (Å²) in [5, 5.41) is 11.7. The number of hydrogen-bond acceptors (Lipinski definition) is 2. The van der Waals surface area contributed by atoms with E-state index in [0.717, 1.165) is 4.90 Å². The molecule has 2 N–H and O–H groups in total. The first-order valence-corrected chi connectivity index (χ1v) is 6.38. The predicted molar refractivity (Wildman–Crippen MR) is 72.8 cm³/mol. The first kappa shape index (κ1) is 15.9. The highest BCUT2D eigenvalue weighted by atomic mass is 19.1. The number of urea groups is 1. The molecular weight excluding hydrogens is 263 g/mol. The molecule has 0 heterocycles. The molecule has 1 aromatic carbocycles. The highest BCUT2D eigenvalue weighted by molar-refractivity contribution is 5.82. The summed E-state index contributed by atoms with van der Waals surface area (Å²) in [7, 11) is 1.43. The van der Waals surface area contributed by atoms with Crippen molar-refractivity contribution in [3.8, 4) is 0 Å². The molecule has 0 aromatic heterocycles. The molecule has 0 saturated carbocycles. The van der Waals surface area contributed by atoms with Crippen LogP contribution in [0, 0.1) is 5.82 Å². The summed E-state index contributed by atoms with van der Waals surface area (Å²) >= 11 is 0. The van der Waals surface area contributed by atoms with Crippen molar-refractivity contribution in [1.29, 1.82) is 0 Å². The first-order chi connectivity index (χ1) is 9.36. The highest BCUT2D eigenvalue weighted by Gasteiger charge is 2.25. The van der Waals surface area contributed by atoms with Gasteiger partial charge in [-0.2, -0.15) is 0 Å². The number of halogens is 1. The molecule has 2 atom stereocenters. The van der Waals surface area contributed by atoms with Crippen LogP contribution in [0.25, 0.3) is 0 Å². The van der Waals surface area contributed by atoms with Gasteiger partial charge in [-0.3, -0.25) is 0 Å². The van der Waals surface area contributed by atoms with Gasteiger partial charge < -0.3 is 15.3 Å². The van der Waals surface area contributed by atoms with Gasteiger partial charge in [-0.15, -0.1) is 0 Å². The van der Waals surface area contributed by atoms with Gasteiger partial charge in [0, 0.05) is 7.05 Å². The summed E-state index contributed by atoms with van der Waals surface area (Å²) in [5.41, 5.74) is 0.620. The molecular formula is C14H19FN2O3. The number of nitrogens with zero attached hydrogens (tertiary/aromatic N) is 1. The quantitative estimate of drug-likeness (QED) is 0.871. The molecule has 0 bridgehead atoms. The molecule has 5 nitrogen and oxygen atoms in total. The third-order valence-corrected chi connectivity index (χ3v) is 3.15. The monoisotopic (exact) mass is 282 g/mol. The lowest BCUT2D eigenvalue weighted by atomic mass is 10.1. The van der Waals surface area contributed by atoms with Crippen LogP contribution >= 0.6 is 0 Å². The van der Waals surface area contributed by atoms with Gasteiger partial charge in [0.1, 0.15) is 11.9 Å². The maximum Gasteiger partial charge on any atom is 0.326 e. The Kier molecular flexibility index (Phi) is 5.49. The lowest BCUT2D eigenvalue weighted by Gasteiger charge is -2.26. The lowest BCUT2D eigenvalue weighted by molar-refractivity contribution is -0.141. The van der Waals surface area contributed by atoms with Gasteiger partial charge in [-0.05, 0) is 31.0 Å². The minimum atomic E-state index is -1.05. The number of hydrogen-bond donors (Lipinski definition) is 2. The average molecular weight is 282 g/mol. The normalized spacial score (nSPS) is 13.4. The highest BCUT2D eigenvalue weighted by Crippen LogP contribution is 2.14. The summed E-state index contributed by atoms with van der Waals surface area (Å²) in [6.45, 7) is 3.40. The Hall–Kier alpha value is -2.11. The SMILES string of the molecule is CCC(C(=O)O)N(C)C(=O)NC(C)c1cccc(F)c1. The maximum absolute atomic E-state index is 13.1. The molecule has 6 heteroatoms. The van der Waals surface area contributed by atoms with Crippen molar-refractivity contribution in [3.05, 3.63) is 35.6 Å². The second-order valence-electron chi connectivity index (χ2n) is 4.60. The second-order valence-corrected chi connectivity index (χ2v) is 4.60. The number of carbonyl (C=O) groups is 2. The molecule has 1 rings (SSSR count). The van der Waals surface area contributed by atoms with E-state index in [9.17, 15) is 14.0 Å². The Labute approximate surface area is 117 Å². The van der Waals surface area contributed by atoms with Crippen molar-refractivity contribution in [1.82, 2.24) is 10.2 Å². The molecule has 0 aliphatic carbocycles. The number of aliphatic carboxylic acids is 1. The molecule has 1 aromatic rings. The van der Waals surface area contributed by atoms with E-state index in [1.54, 1.807) is 26.0 Å². The van der Waals surface area contributed by atoms with Crippen LogP contribution in [-0.2, 0) is 4.79 Å². The van der Waals surface area contributed by atoms with E-state index in [1.165, 1.54) is 19.2 Å². The molecule has 110 valence electrons. The van der Waals surface area contributed by atoms with Crippen LogP contribution < -0.4 is 5.32 Å². The molecule has 0 spiro atoms. The van der Waals surface area contributed by atoms with Crippen LogP contribution in [0.15, 0.2) is 24.3 Å². The lowest BCUT2D eigenvalue weighted by Crippen LogP contribution is -2.47. The number of carboxylic acid groups (broad SMARTS) is 1. The van der Waals surface area contributed by atoms with Gasteiger partial charge in [0.05, 0.1) is 6.04 Å². The molecule has 0 radical (unpaired) electrons. The molecule has 0 saturated heterocycles. The topological polar surface area (TPSA) is 69.6 Å². The van der Waals surface area contributed by atoms with Crippen molar-refractivity contribution in [2.75, 3.05) is 7.05 Å². The van der Waals surface area contributed by atoms with Crippen LogP contribution in [0.2, 0.25) is 0 Å². The van der Waals surface area contributed by atoms with Crippen LogP contribution in [0.1, 0.15) is 31.9 Å². The van der Waals surface area contributed by atoms with E-state index in [-0.39, 0.29) is 5.82 Å². The van der Waals surface area contributed by atoms with E-state index in [0.29, 0.717) is 12.0 Å². The number of benzene rings is 1. The smallest absolute Gasteiger partial charge is 0.326 e. The fraction of sp³-hybridized carbons (Fsp3) is 0.429. The molecule has 2 amide bonds. The number of carbonyl (C=O) groups excluding carboxylic acids is 1. The zero-order valence-electron chi connectivity index (χ0n) is 11.8. The summed E-state index contributed by atoms with van der Waals surface area (Å²) in [5.74, 6) is -1.43. The van der Waals surface area contributed by atoms with Crippen LogP contribution in [-0.4, -0.2) is 35.1 Å². The molecule has 0 aliphatic heterocycles. The molecule has 20 heavy (non-hydrogen) atoms. The molecule has 0 fully saturated rings. The molecule has 2 unspecified atom stereocenters. The standard InChI is InChI=1S/C14H19FN2O3/c1-4-12(13(18)19)17(3)14(20)16-9(2)10-6-5-7-11(15)8-10/h5-9,12H,4H2,1-3H3,(H,16,20)(H,18,19). The number of nitrogens with one attached hydrogen (secondary N) is 1. The van der Waals surface area contributed by atoms with E-state index in [1.807, 2.05) is 0 Å². The Balaban J connectivity index is 2.72. The van der Waals surface area contributed by atoms with Gasteiger partial charge in [0.2, 0.25) is 0 Å². The van der Waals surface area contributed by atoms with Gasteiger partial charge >= 0.3 is 12.0 Å². The summed E-state index contributed by atoms with van der Waals surface area (Å²) in [4.78, 5) is 24.1. The summed E-state index contributed by atoms with van der Waals surface area (Å²) in [6, 6.07) is 4.12. The number of rotatable bonds is 5. The fourth-order valence-electron chi connectivity index (χ4n) is 1.90. The van der Waals surface area contributed by atoms with Crippen LogP contribution in [0.3, 0.4) is 0 Å². The fourth-order valence-corrected chi connectivity index (χ4v) is 1.90. The number of likely N-dealkylation sites (N-methyl/N-ethyl adjacent to an activating group) is 1. The number of amides is 2. The van der Waals surface area contributed by atoms with Crippen LogP contribution in [0.5, 0.6) is 0 Å². The Morgan fingerprint density at radius 2 is 2.10 bits per heavy atom. The Morgan fingerprint density at radius 3 is 2.60 bits per heavy atom. The van der Waals surface area contributed by atoms with Crippen molar-refractivity contribution in [2.45, 2.75) is 32.4 Å². The van der Waals surface area contributed by atoms with Crippen molar-refractivity contribution >= 4 is 12.0 Å². The minimum absolute atomic E-state index is 0.313. The van der Waals surface area contributed by atoms with Crippen LogP contribution in [0.4, 0.5) is 9.18 Å². The van der Waals surface area contributed by atoms with Crippen molar-refractivity contribution in [2.24, 2.45) is 0 Å². The van der Waals surface area contributed by atoms with Gasteiger partial charge in [-0.1, -0.05) is 19.1 Å². The number of carboxylic acids is 1. The minimum Gasteiger partial charge on any atom is -0.480 e. The first-order valence-electron chi connectivity index (χ1n) is 6.38. The Morgan fingerprint density at radius 1 is 1.45 bits per heavy atom. The third kappa shape index (κ3) is 3.94. The second kappa shape index (κ2) is 6.88. The van der Waals surface area contributed by atoms with Gasteiger partial charge in [0.15, 0.2) is 0 Å². The molecule has 0 aliphatic rings. The van der Waals surface area contributed by atoms with Crippen molar-refractivity contribution in [3.63, 3.8) is 0 Å². The summed E-state index contributed by atoms with van der Waals surface area (Å²) in [6.07, 6.45) is 0.313. The third-order valence-electron chi connectivity index (χ3n) is 3.15. The van der Waals surface area contributed by atoms with E-state index in [4.69, 9.17) is 5.11 Å². The van der Waals surface area contributed by atoms with Gasteiger partial charge in [0.25, 0.3) is 0 Å². The largest absolute Gasteiger partial charge is 0.480 e. The zero-order valence-corrected chi connectivity index (χ0v) is 11.8. The predicted octanol–water partition coefficient (Wildman–Crippen LogP) is 2.39.